The summed E-state index contributed by atoms with van der Waals surface area (Å²) in [5.41, 5.74) is 2.83. The number of benzene rings is 1. The Morgan fingerprint density at radius 2 is 2.14 bits per heavy atom. The van der Waals surface area contributed by atoms with Gasteiger partial charge < -0.3 is 0 Å². The van der Waals surface area contributed by atoms with E-state index in [1.807, 2.05) is 0 Å². The maximum absolute atomic E-state index is 11.6. The molecule has 8 heteroatoms. The van der Waals surface area contributed by atoms with E-state index in [-0.39, 0.29) is 5.69 Å². The van der Waals surface area contributed by atoms with Crippen LogP contribution in [0, 0.1) is 11.3 Å². The van der Waals surface area contributed by atoms with Gasteiger partial charge in [-0.1, -0.05) is 0 Å². The average molecular weight is 291 g/mol. The Labute approximate surface area is 123 Å². The van der Waals surface area contributed by atoms with Crippen molar-refractivity contribution in [3.63, 3.8) is 0 Å². The molecule has 8 nitrogen and oxygen atoms in total. The molecule has 1 N–H and O–H groups in total. The van der Waals surface area contributed by atoms with Crippen molar-refractivity contribution in [3.8, 4) is 12.0 Å². The SMILES string of the molecule is Cn1c(=O)[nH]c2nc(-n3cnc4ccc(C#N)cc43)ncc21. The van der Waals surface area contributed by atoms with E-state index in [0.717, 1.165) is 11.0 Å². The predicted octanol–water partition coefficient (Wildman–Crippen LogP) is 0.867. The number of hydrogen-bond acceptors (Lipinski definition) is 5. The standard InChI is InChI=1S/C14H9N7O/c1-20-11-6-16-13(18-12(11)19-14(20)22)21-7-17-9-3-2-8(5-15)4-10(9)21/h2-4,6-7H,1H3,(H,16,18,19,22). The maximum Gasteiger partial charge on any atom is 0.327 e. The van der Waals surface area contributed by atoms with Crippen molar-refractivity contribution in [1.82, 2.24) is 29.1 Å². The summed E-state index contributed by atoms with van der Waals surface area (Å²) >= 11 is 0. The highest BCUT2D eigenvalue weighted by Crippen LogP contribution is 2.18. The van der Waals surface area contributed by atoms with E-state index in [9.17, 15) is 4.79 Å². The quantitative estimate of drug-likeness (QED) is 0.560. The number of nitrogens with one attached hydrogen (secondary N) is 1. The first-order valence-corrected chi connectivity index (χ1v) is 6.47. The lowest BCUT2D eigenvalue weighted by Gasteiger charge is -2.02. The van der Waals surface area contributed by atoms with Crippen molar-refractivity contribution in [2.75, 3.05) is 0 Å². The second kappa shape index (κ2) is 4.26. The fourth-order valence-electron chi connectivity index (χ4n) is 2.35. The van der Waals surface area contributed by atoms with Crippen molar-refractivity contribution in [2.24, 2.45) is 7.05 Å². The van der Waals surface area contributed by atoms with Crippen LogP contribution in [-0.4, -0.2) is 29.1 Å². The summed E-state index contributed by atoms with van der Waals surface area (Å²) in [4.78, 5) is 27.2. The van der Waals surface area contributed by atoms with Crippen molar-refractivity contribution in [3.05, 3.63) is 46.8 Å². The third-order valence-corrected chi connectivity index (χ3v) is 3.54. The van der Waals surface area contributed by atoms with Crippen molar-refractivity contribution < 1.29 is 0 Å². The molecule has 0 aliphatic carbocycles. The molecule has 106 valence electrons. The van der Waals surface area contributed by atoms with Gasteiger partial charge >= 0.3 is 5.69 Å². The molecule has 0 unspecified atom stereocenters. The number of H-pyrrole nitrogens is 1. The van der Waals surface area contributed by atoms with Crippen LogP contribution in [0.25, 0.3) is 28.1 Å². The van der Waals surface area contributed by atoms with E-state index >= 15 is 0 Å². The molecule has 3 heterocycles. The summed E-state index contributed by atoms with van der Waals surface area (Å²) in [6, 6.07) is 7.30. The highest BCUT2D eigenvalue weighted by molar-refractivity contribution is 5.79. The molecule has 0 spiro atoms. The molecule has 1 aromatic carbocycles. The Kier molecular flexibility index (Phi) is 2.38. The Hall–Kier alpha value is -3.47. The molecule has 0 saturated carbocycles. The van der Waals surface area contributed by atoms with Gasteiger partial charge in [0.15, 0.2) is 5.65 Å². The van der Waals surface area contributed by atoms with E-state index in [4.69, 9.17) is 5.26 Å². The zero-order valence-corrected chi connectivity index (χ0v) is 11.5. The van der Waals surface area contributed by atoms with Crippen LogP contribution in [-0.2, 0) is 7.05 Å². The molecule has 0 aliphatic heterocycles. The first-order chi connectivity index (χ1) is 10.7. The van der Waals surface area contributed by atoms with Crippen molar-refractivity contribution in [1.29, 1.82) is 5.26 Å². The van der Waals surface area contributed by atoms with Gasteiger partial charge in [-0.05, 0) is 18.2 Å². The summed E-state index contributed by atoms with van der Waals surface area (Å²) in [7, 11) is 1.65. The third-order valence-electron chi connectivity index (χ3n) is 3.54. The van der Waals surface area contributed by atoms with E-state index < -0.39 is 0 Å². The molecule has 4 rings (SSSR count). The minimum atomic E-state index is -0.247. The van der Waals surface area contributed by atoms with Crippen LogP contribution in [0.4, 0.5) is 0 Å². The molecule has 0 bridgehead atoms. The topological polar surface area (TPSA) is 105 Å². The first-order valence-electron chi connectivity index (χ1n) is 6.47. The second-order valence-corrected chi connectivity index (χ2v) is 4.82. The average Bonchev–Trinajstić information content (AvgIpc) is 3.08. The summed E-state index contributed by atoms with van der Waals surface area (Å²) in [5, 5.41) is 9.02. The van der Waals surface area contributed by atoms with E-state index in [1.165, 1.54) is 4.57 Å². The molecule has 3 aromatic heterocycles. The lowest BCUT2D eigenvalue weighted by molar-refractivity contribution is 0.888. The van der Waals surface area contributed by atoms with Crippen LogP contribution in [0.1, 0.15) is 5.56 Å². The van der Waals surface area contributed by atoms with Gasteiger partial charge in [-0.3, -0.25) is 14.1 Å². The monoisotopic (exact) mass is 291 g/mol. The number of fused-ring (bicyclic) bond motifs is 2. The van der Waals surface area contributed by atoms with Crippen LogP contribution in [0.5, 0.6) is 0 Å². The number of aromatic amines is 1. The molecule has 0 aliphatic rings. The third kappa shape index (κ3) is 1.63. The zero-order valence-electron chi connectivity index (χ0n) is 11.5. The number of aromatic nitrogens is 6. The Morgan fingerprint density at radius 1 is 1.27 bits per heavy atom. The molecule has 0 fully saturated rings. The van der Waals surface area contributed by atoms with Crippen molar-refractivity contribution in [2.45, 2.75) is 0 Å². The van der Waals surface area contributed by atoms with Crippen LogP contribution >= 0.6 is 0 Å². The van der Waals surface area contributed by atoms with Crippen LogP contribution in [0.2, 0.25) is 0 Å². The van der Waals surface area contributed by atoms with Crippen LogP contribution < -0.4 is 5.69 Å². The van der Waals surface area contributed by atoms with Crippen LogP contribution in [0.15, 0.2) is 35.5 Å². The summed E-state index contributed by atoms with van der Waals surface area (Å²) < 4.78 is 3.12. The lowest BCUT2D eigenvalue weighted by atomic mass is 10.2. The molecule has 0 atom stereocenters. The number of imidazole rings is 2. The maximum atomic E-state index is 11.6. The molecular weight excluding hydrogens is 282 g/mol. The number of nitrogens with zero attached hydrogens (tertiary/aromatic N) is 6. The summed E-state index contributed by atoms with van der Waals surface area (Å²) in [6.07, 6.45) is 3.17. The fraction of sp³-hybridized carbons (Fsp3) is 0.0714. The highest BCUT2D eigenvalue weighted by Gasteiger charge is 2.11. The van der Waals surface area contributed by atoms with Gasteiger partial charge in [0.25, 0.3) is 0 Å². The van der Waals surface area contributed by atoms with E-state index in [1.54, 1.807) is 42.3 Å². The Balaban J connectivity index is 1.98. The minimum absolute atomic E-state index is 0.247. The van der Waals surface area contributed by atoms with Gasteiger partial charge in [-0.25, -0.2) is 14.8 Å². The predicted molar refractivity (Wildman–Crippen MR) is 78.5 cm³/mol. The van der Waals surface area contributed by atoms with Gasteiger partial charge in [-0.15, -0.1) is 0 Å². The smallest absolute Gasteiger partial charge is 0.292 e. The Bertz CT molecular complexity index is 1130. The zero-order chi connectivity index (χ0) is 15.3. The molecule has 0 radical (unpaired) electrons. The van der Waals surface area contributed by atoms with Gasteiger partial charge in [0.2, 0.25) is 5.95 Å². The second-order valence-electron chi connectivity index (χ2n) is 4.82. The number of rotatable bonds is 1. The molecular formula is C14H9N7O. The largest absolute Gasteiger partial charge is 0.327 e. The van der Waals surface area contributed by atoms with E-state index in [0.29, 0.717) is 22.7 Å². The number of nitriles is 1. The minimum Gasteiger partial charge on any atom is -0.292 e. The van der Waals surface area contributed by atoms with Gasteiger partial charge in [0, 0.05) is 7.05 Å². The molecule has 22 heavy (non-hydrogen) atoms. The molecule has 4 aromatic rings. The fourth-order valence-corrected chi connectivity index (χ4v) is 2.35. The van der Waals surface area contributed by atoms with Gasteiger partial charge in [0.1, 0.15) is 11.8 Å². The number of hydrogen-bond donors (Lipinski definition) is 1. The summed E-state index contributed by atoms with van der Waals surface area (Å²) in [5.74, 6) is 0.381. The molecule has 0 amide bonds. The number of aryl methyl sites for hydroxylation is 1. The molecule has 0 saturated heterocycles. The lowest BCUT2D eigenvalue weighted by Crippen LogP contribution is -2.11. The Morgan fingerprint density at radius 3 is 2.95 bits per heavy atom. The van der Waals surface area contributed by atoms with Gasteiger partial charge in [0.05, 0.1) is 28.9 Å². The van der Waals surface area contributed by atoms with Crippen LogP contribution in [0.3, 0.4) is 0 Å². The van der Waals surface area contributed by atoms with E-state index in [2.05, 4.69) is 26.0 Å². The normalized spacial score (nSPS) is 11.1. The summed E-state index contributed by atoms with van der Waals surface area (Å²) in [6.45, 7) is 0. The van der Waals surface area contributed by atoms with Crippen molar-refractivity contribution >= 4 is 22.2 Å². The first kappa shape index (κ1) is 12.3. The highest BCUT2D eigenvalue weighted by atomic mass is 16.1. The van der Waals surface area contributed by atoms with Gasteiger partial charge in [-0.2, -0.15) is 10.2 Å².